The SMILES string of the molecule is CCC(CC)N(C(=O)Cn1c(=O)cnc2ccccc21)C1CCCc2cccnc21. The van der Waals surface area contributed by atoms with Crippen LogP contribution in [0, 0.1) is 0 Å². The topological polar surface area (TPSA) is 68.1 Å². The van der Waals surface area contributed by atoms with Gasteiger partial charge in [0.15, 0.2) is 0 Å². The van der Waals surface area contributed by atoms with Gasteiger partial charge in [0.1, 0.15) is 6.54 Å². The minimum atomic E-state index is -0.256. The van der Waals surface area contributed by atoms with Crippen molar-refractivity contribution in [3.05, 3.63) is 70.4 Å². The second-order valence-corrected chi connectivity index (χ2v) is 7.90. The maximum absolute atomic E-state index is 13.7. The largest absolute Gasteiger partial charge is 0.330 e. The van der Waals surface area contributed by atoms with Gasteiger partial charge in [-0.25, -0.2) is 4.98 Å². The third-order valence-electron chi connectivity index (χ3n) is 6.17. The van der Waals surface area contributed by atoms with Crippen LogP contribution in [0.1, 0.15) is 56.8 Å². The molecule has 0 radical (unpaired) electrons. The Balaban J connectivity index is 1.74. The zero-order valence-electron chi connectivity index (χ0n) is 17.6. The first-order valence-corrected chi connectivity index (χ1v) is 10.8. The van der Waals surface area contributed by atoms with Gasteiger partial charge in [0.25, 0.3) is 5.56 Å². The van der Waals surface area contributed by atoms with Gasteiger partial charge in [-0.05, 0) is 55.9 Å². The Labute approximate surface area is 176 Å². The van der Waals surface area contributed by atoms with Crippen LogP contribution in [0.25, 0.3) is 11.0 Å². The van der Waals surface area contributed by atoms with Crippen molar-refractivity contribution in [2.45, 2.75) is 64.6 Å². The van der Waals surface area contributed by atoms with Crippen LogP contribution in [0.3, 0.4) is 0 Å². The molecule has 0 fully saturated rings. The van der Waals surface area contributed by atoms with Gasteiger partial charge in [0.05, 0.1) is 29.0 Å². The Morgan fingerprint density at radius 2 is 1.97 bits per heavy atom. The molecule has 1 aliphatic rings. The van der Waals surface area contributed by atoms with E-state index in [2.05, 4.69) is 29.9 Å². The molecular weight excluding hydrogens is 376 g/mol. The highest BCUT2D eigenvalue weighted by Crippen LogP contribution is 2.35. The molecule has 0 spiro atoms. The number of aryl methyl sites for hydroxylation is 1. The second-order valence-electron chi connectivity index (χ2n) is 7.90. The number of amides is 1. The Hall–Kier alpha value is -3.02. The third-order valence-corrected chi connectivity index (χ3v) is 6.17. The monoisotopic (exact) mass is 404 g/mol. The van der Waals surface area contributed by atoms with Crippen molar-refractivity contribution < 1.29 is 4.79 Å². The Kier molecular flexibility index (Phi) is 5.93. The fourth-order valence-corrected chi connectivity index (χ4v) is 4.66. The zero-order chi connectivity index (χ0) is 21.1. The number of para-hydroxylation sites is 2. The molecule has 4 rings (SSSR count). The first-order valence-electron chi connectivity index (χ1n) is 10.8. The van der Waals surface area contributed by atoms with E-state index in [1.165, 1.54) is 11.8 Å². The van der Waals surface area contributed by atoms with Crippen LogP contribution in [0.5, 0.6) is 0 Å². The summed E-state index contributed by atoms with van der Waals surface area (Å²) in [6.45, 7) is 4.24. The number of fused-ring (bicyclic) bond motifs is 2. The van der Waals surface area contributed by atoms with Crippen LogP contribution in [-0.2, 0) is 17.8 Å². The lowest BCUT2D eigenvalue weighted by Gasteiger charge is -2.40. The van der Waals surface area contributed by atoms with Crippen LogP contribution in [0.4, 0.5) is 0 Å². The second kappa shape index (κ2) is 8.78. The van der Waals surface area contributed by atoms with E-state index in [9.17, 15) is 9.59 Å². The van der Waals surface area contributed by atoms with Crippen molar-refractivity contribution in [3.63, 3.8) is 0 Å². The van der Waals surface area contributed by atoms with Gasteiger partial charge in [-0.1, -0.05) is 32.0 Å². The molecule has 0 N–H and O–H groups in total. The van der Waals surface area contributed by atoms with Crippen LogP contribution >= 0.6 is 0 Å². The lowest BCUT2D eigenvalue weighted by molar-refractivity contribution is -0.138. The summed E-state index contributed by atoms with van der Waals surface area (Å²) in [7, 11) is 0. The molecule has 0 saturated carbocycles. The van der Waals surface area contributed by atoms with Gasteiger partial charge in [-0.2, -0.15) is 0 Å². The van der Waals surface area contributed by atoms with Gasteiger partial charge in [-0.15, -0.1) is 0 Å². The average molecular weight is 405 g/mol. The number of rotatable bonds is 6. The van der Waals surface area contributed by atoms with Crippen LogP contribution < -0.4 is 5.56 Å². The summed E-state index contributed by atoms with van der Waals surface area (Å²) in [5.74, 6) is -0.0364. The maximum Gasteiger partial charge on any atom is 0.269 e. The Morgan fingerprint density at radius 1 is 1.17 bits per heavy atom. The van der Waals surface area contributed by atoms with Crippen molar-refractivity contribution in [1.29, 1.82) is 0 Å². The van der Waals surface area contributed by atoms with Gasteiger partial charge in [0.2, 0.25) is 5.91 Å². The molecule has 1 aliphatic carbocycles. The highest BCUT2D eigenvalue weighted by atomic mass is 16.2. The van der Waals surface area contributed by atoms with Gasteiger partial charge >= 0.3 is 0 Å². The van der Waals surface area contributed by atoms with E-state index >= 15 is 0 Å². The predicted octanol–water partition coefficient (Wildman–Crippen LogP) is 3.89. The zero-order valence-corrected chi connectivity index (χ0v) is 17.6. The van der Waals surface area contributed by atoms with Crippen molar-refractivity contribution in [2.75, 3.05) is 0 Å². The van der Waals surface area contributed by atoms with E-state index in [1.54, 1.807) is 4.57 Å². The van der Waals surface area contributed by atoms with E-state index in [-0.39, 0.29) is 30.1 Å². The molecule has 1 aromatic carbocycles. The molecule has 1 unspecified atom stereocenters. The fourth-order valence-electron chi connectivity index (χ4n) is 4.66. The molecule has 6 nitrogen and oxygen atoms in total. The van der Waals surface area contributed by atoms with Crippen LogP contribution in [-0.4, -0.2) is 31.4 Å². The minimum absolute atomic E-state index is 0.0109. The lowest BCUT2D eigenvalue weighted by atomic mass is 9.89. The molecule has 1 atom stereocenters. The smallest absolute Gasteiger partial charge is 0.269 e. The molecule has 0 aliphatic heterocycles. The summed E-state index contributed by atoms with van der Waals surface area (Å²) >= 11 is 0. The quantitative estimate of drug-likeness (QED) is 0.625. The maximum atomic E-state index is 13.7. The molecule has 0 bridgehead atoms. The van der Waals surface area contributed by atoms with Crippen LogP contribution in [0.2, 0.25) is 0 Å². The van der Waals surface area contributed by atoms with Crippen molar-refractivity contribution in [1.82, 2.24) is 19.4 Å². The first kappa shape index (κ1) is 20.3. The molecule has 0 saturated heterocycles. The number of hydrogen-bond donors (Lipinski definition) is 0. The average Bonchev–Trinajstić information content (AvgIpc) is 2.79. The standard InChI is InChI=1S/C24H28N4O2/c1-3-18(4-2)28(21-13-7-9-17-10-8-14-25-24(17)21)23(30)16-27-20-12-6-5-11-19(20)26-15-22(27)29/h5-6,8,10-12,14-15,18,21H,3-4,7,9,13,16H2,1-2H3. The predicted molar refractivity (Wildman–Crippen MR) is 117 cm³/mol. The van der Waals surface area contributed by atoms with Gasteiger partial charge in [-0.3, -0.25) is 19.1 Å². The van der Waals surface area contributed by atoms with Gasteiger partial charge < -0.3 is 4.90 Å². The molecular formula is C24H28N4O2. The molecule has 3 aromatic rings. The summed E-state index contributed by atoms with van der Waals surface area (Å²) in [5, 5.41) is 0. The molecule has 6 heteroatoms. The molecule has 156 valence electrons. The number of benzene rings is 1. The van der Waals surface area contributed by atoms with E-state index in [4.69, 9.17) is 0 Å². The van der Waals surface area contributed by atoms with Crippen molar-refractivity contribution >= 4 is 16.9 Å². The summed E-state index contributed by atoms with van der Waals surface area (Å²) < 4.78 is 1.54. The lowest BCUT2D eigenvalue weighted by Crippen LogP contribution is -2.46. The highest BCUT2D eigenvalue weighted by Gasteiger charge is 2.34. The highest BCUT2D eigenvalue weighted by molar-refractivity contribution is 5.80. The van der Waals surface area contributed by atoms with E-state index < -0.39 is 0 Å². The normalized spacial score (nSPS) is 15.9. The van der Waals surface area contributed by atoms with Crippen LogP contribution in [0.15, 0.2) is 53.6 Å². The summed E-state index contributed by atoms with van der Waals surface area (Å²) in [6.07, 6.45) is 7.78. The third kappa shape index (κ3) is 3.74. The summed E-state index contributed by atoms with van der Waals surface area (Å²) in [6, 6.07) is 11.6. The van der Waals surface area contributed by atoms with E-state index in [0.29, 0.717) is 11.0 Å². The molecule has 30 heavy (non-hydrogen) atoms. The number of pyridine rings is 1. The van der Waals surface area contributed by atoms with Gasteiger partial charge in [0, 0.05) is 12.2 Å². The molecule has 2 heterocycles. The molecule has 1 amide bonds. The van der Waals surface area contributed by atoms with E-state index in [0.717, 1.165) is 37.8 Å². The number of aromatic nitrogens is 3. The number of carbonyl (C=O) groups is 1. The number of nitrogens with zero attached hydrogens (tertiary/aromatic N) is 4. The summed E-state index contributed by atoms with van der Waals surface area (Å²) in [4.78, 5) is 37.2. The first-order chi connectivity index (χ1) is 14.6. The van der Waals surface area contributed by atoms with E-state index in [1.807, 2.05) is 41.4 Å². The Bertz CT molecular complexity index is 1100. The molecule has 2 aromatic heterocycles. The Morgan fingerprint density at radius 3 is 2.77 bits per heavy atom. The summed E-state index contributed by atoms with van der Waals surface area (Å²) in [5.41, 5.74) is 3.38. The van der Waals surface area contributed by atoms with Crippen molar-refractivity contribution in [3.8, 4) is 0 Å². The fraction of sp³-hybridized carbons (Fsp3) is 0.417. The number of hydrogen-bond acceptors (Lipinski definition) is 4. The van der Waals surface area contributed by atoms with Crippen molar-refractivity contribution in [2.24, 2.45) is 0 Å². The number of carbonyl (C=O) groups excluding carboxylic acids is 1. The minimum Gasteiger partial charge on any atom is -0.330 e.